The molecule has 3 saturated heterocycles. The van der Waals surface area contributed by atoms with Crippen molar-refractivity contribution >= 4 is 22.3 Å². The summed E-state index contributed by atoms with van der Waals surface area (Å²) in [4.78, 5) is 17.1. The van der Waals surface area contributed by atoms with Crippen LogP contribution in [-0.2, 0) is 13.0 Å². The number of hydrogen-bond acceptors (Lipinski definition) is 8. The number of ether oxygens (including phenoxy) is 1. The van der Waals surface area contributed by atoms with Crippen molar-refractivity contribution in [2.45, 2.75) is 56.8 Å². The Bertz CT molecular complexity index is 1300. The third-order valence-electron chi connectivity index (χ3n) is 8.81. The van der Waals surface area contributed by atoms with Crippen molar-refractivity contribution in [2.24, 2.45) is 0 Å². The zero-order valence-corrected chi connectivity index (χ0v) is 21.6. The number of phenolic OH excluding ortho intramolecular Hbond substituents is 1. The number of phenols is 1. The lowest BCUT2D eigenvalue weighted by molar-refractivity contribution is 0.187. The van der Waals surface area contributed by atoms with E-state index in [1.807, 2.05) is 24.3 Å². The van der Waals surface area contributed by atoms with Gasteiger partial charge in [0.2, 0.25) is 0 Å². The van der Waals surface area contributed by atoms with Crippen molar-refractivity contribution in [1.29, 1.82) is 0 Å². The van der Waals surface area contributed by atoms with Gasteiger partial charge in [0.05, 0.1) is 17.9 Å². The molecular weight excluding hydrogens is 464 g/mol. The van der Waals surface area contributed by atoms with Gasteiger partial charge in [0, 0.05) is 48.7 Å². The van der Waals surface area contributed by atoms with Gasteiger partial charge in [0.25, 0.3) is 0 Å². The lowest BCUT2D eigenvalue weighted by Gasteiger charge is -2.37. The summed E-state index contributed by atoms with van der Waals surface area (Å²) >= 11 is 0. The Labute approximate surface area is 218 Å². The van der Waals surface area contributed by atoms with Crippen LogP contribution in [0.25, 0.3) is 10.8 Å². The van der Waals surface area contributed by atoms with E-state index < -0.39 is 0 Å². The minimum absolute atomic E-state index is 0.316. The number of nitrogens with zero attached hydrogens (tertiary/aromatic N) is 5. The van der Waals surface area contributed by atoms with E-state index in [9.17, 15) is 5.11 Å². The largest absolute Gasteiger partial charge is 0.506 e. The number of likely N-dealkylation sites (N-methyl/N-ethyl adjacent to an activating group) is 1. The normalized spacial score (nSPS) is 25.6. The van der Waals surface area contributed by atoms with Crippen molar-refractivity contribution in [1.82, 2.24) is 20.2 Å². The highest BCUT2D eigenvalue weighted by Gasteiger charge is 2.35. The minimum atomic E-state index is 0.316. The maximum Gasteiger partial charge on any atom is 0.318 e. The Morgan fingerprint density at radius 3 is 2.65 bits per heavy atom. The molecule has 3 atom stereocenters. The highest BCUT2D eigenvalue weighted by atomic mass is 16.5. The van der Waals surface area contributed by atoms with Crippen molar-refractivity contribution in [3.63, 3.8) is 0 Å². The van der Waals surface area contributed by atoms with Crippen LogP contribution in [0.15, 0.2) is 36.4 Å². The fourth-order valence-corrected chi connectivity index (χ4v) is 6.81. The molecule has 8 heteroatoms. The Kier molecular flexibility index (Phi) is 5.81. The molecule has 37 heavy (non-hydrogen) atoms. The van der Waals surface area contributed by atoms with Gasteiger partial charge < -0.3 is 29.9 Å². The van der Waals surface area contributed by atoms with Crippen LogP contribution < -0.4 is 19.9 Å². The smallest absolute Gasteiger partial charge is 0.318 e. The molecule has 3 fully saturated rings. The first-order valence-corrected chi connectivity index (χ1v) is 13.8. The number of aromatic hydroxyl groups is 1. The van der Waals surface area contributed by atoms with Gasteiger partial charge in [0.1, 0.15) is 18.2 Å². The van der Waals surface area contributed by atoms with Crippen LogP contribution in [-0.4, -0.2) is 77.9 Å². The second kappa shape index (κ2) is 9.33. The van der Waals surface area contributed by atoms with Gasteiger partial charge in [-0.25, -0.2) is 0 Å². The molecule has 7 rings (SSSR count). The number of rotatable bonds is 5. The third-order valence-corrected chi connectivity index (χ3v) is 8.81. The summed E-state index contributed by atoms with van der Waals surface area (Å²) in [6.45, 7) is 5.16. The maximum absolute atomic E-state index is 10.9. The first-order valence-electron chi connectivity index (χ1n) is 13.8. The van der Waals surface area contributed by atoms with Crippen LogP contribution in [0.3, 0.4) is 0 Å². The predicted octanol–water partition coefficient (Wildman–Crippen LogP) is 3.31. The average Bonchev–Trinajstić information content (AvgIpc) is 3.49. The molecule has 0 saturated carbocycles. The number of benzene rings is 2. The minimum Gasteiger partial charge on any atom is -0.506 e. The molecule has 3 aromatic rings. The highest BCUT2D eigenvalue weighted by molar-refractivity contribution is 5.97. The molecule has 1 aromatic heterocycles. The highest BCUT2D eigenvalue weighted by Crippen LogP contribution is 2.39. The van der Waals surface area contributed by atoms with Gasteiger partial charge in [0.15, 0.2) is 0 Å². The van der Waals surface area contributed by atoms with Crippen molar-refractivity contribution in [2.75, 3.05) is 49.6 Å². The summed E-state index contributed by atoms with van der Waals surface area (Å²) in [6.07, 6.45) is 5.69. The molecule has 8 nitrogen and oxygen atoms in total. The molecule has 4 aliphatic heterocycles. The lowest BCUT2D eigenvalue weighted by atomic mass is 10.0. The van der Waals surface area contributed by atoms with E-state index in [-0.39, 0.29) is 0 Å². The van der Waals surface area contributed by atoms with E-state index in [0.29, 0.717) is 43.0 Å². The Hall–Kier alpha value is -3.10. The molecule has 194 valence electrons. The van der Waals surface area contributed by atoms with Crippen LogP contribution in [0.1, 0.15) is 36.9 Å². The number of likely N-dealkylation sites (tertiary alicyclic amines) is 1. The Morgan fingerprint density at radius 2 is 1.84 bits per heavy atom. The molecule has 0 unspecified atom stereocenters. The molecule has 0 amide bonds. The fourth-order valence-electron chi connectivity index (χ4n) is 6.81. The molecule has 2 N–H and O–H groups in total. The van der Waals surface area contributed by atoms with Crippen molar-refractivity contribution < 1.29 is 9.84 Å². The van der Waals surface area contributed by atoms with Crippen molar-refractivity contribution in [3.8, 4) is 11.8 Å². The van der Waals surface area contributed by atoms with Gasteiger partial charge in [-0.05, 0) is 57.1 Å². The van der Waals surface area contributed by atoms with E-state index in [2.05, 4.69) is 39.2 Å². The Morgan fingerprint density at radius 1 is 1.00 bits per heavy atom. The van der Waals surface area contributed by atoms with E-state index in [1.165, 1.54) is 24.8 Å². The molecule has 0 radical (unpaired) electrons. The zero-order chi connectivity index (χ0) is 24.9. The van der Waals surface area contributed by atoms with Gasteiger partial charge >= 0.3 is 6.01 Å². The molecular formula is C29H36N6O2. The zero-order valence-electron chi connectivity index (χ0n) is 21.6. The average molecular weight is 501 g/mol. The van der Waals surface area contributed by atoms with E-state index in [4.69, 9.17) is 14.7 Å². The topological polar surface area (TPSA) is 77.0 Å². The number of hydrogen-bond donors (Lipinski definition) is 2. The number of fused-ring (bicyclic) bond motifs is 4. The second-order valence-corrected chi connectivity index (χ2v) is 11.2. The first kappa shape index (κ1) is 23.0. The molecule has 0 spiro atoms. The molecule has 5 heterocycles. The summed E-state index contributed by atoms with van der Waals surface area (Å²) < 4.78 is 6.29. The van der Waals surface area contributed by atoms with Gasteiger partial charge in [-0.1, -0.05) is 30.3 Å². The van der Waals surface area contributed by atoms with Crippen LogP contribution in [0.4, 0.5) is 11.5 Å². The predicted molar refractivity (Wildman–Crippen MR) is 146 cm³/mol. The molecule has 4 aliphatic rings. The summed E-state index contributed by atoms with van der Waals surface area (Å²) in [7, 11) is 2.17. The SMILES string of the molecule is CN1CCC[C@H]1COc1nc2c(c(N3C[C@H]4CC[C@@H](C3)N4)n1)CCN(c1c(O)ccc3ccccc13)C2. The maximum atomic E-state index is 10.9. The molecule has 0 aliphatic carbocycles. The number of nitrogens with one attached hydrogen (secondary N) is 1. The monoisotopic (exact) mass is 500 g/mol. The fraction of sp³-hybridized carbons (Fsp3) is 0.517. The third kappa shape index (κ3) is 4.26. The van der Waals surface area contributed by atoms with Gasteiger partial charge in [-0.3, -0.25) is 0 Å². The number of aromatic nitrogens is 2. The van der Waals surface area contributed by atoms with Crippen LogP contribution in [0.5, 0.6) is 11.8 Å². The van der Waals surface area contributed by atoms with E-state index >= 15 is 0 Å². The standard InChI is InChI=1S/C29H36N6O2/c1-33-13-4-6-22(33)18-37-29-31-25-17-34(27-23-7-3-2-5-19(23)8-11-26(27)36)14-12-24(25)28(32-29)35-15-20-9-10-21(16-35)30-20/h2-3,5,7-8,11,20-22,30,36H,4,6,9-10,12-18H2,1H3/t20-,21+,22-/m0/s1. The van der Waals surface area contributed by atoms with Gasteiger partial charge in [-0.2, -0.15) is 9.97 Å². The number of piperazine rings is 1. The van der Waals surface area contributed by atoms with Gasteiger partial charge in [-0.15, -0.1) is 0 Å². The van der Waals surface area contributed by atoms with Crippen LogP contribution >= 0.6 is 0 Å². The lowest BCUT2D eigenvalue weighted by Crippen LogP contribution is -2.52. The molecule has 2 aromatic carbocycles. The summed E-state index contributed by atoms with van der Waals surface area (Å²) in [5.41, 5.74) is 3.14. The van der Waals surface area contributed by atoms with Crippen LogP contribution in [0.2, 0.25) is 0 Å². The molecule has 2 bridgehead atoms. The Balaban J connectivity index is 1.24. The first-order chi connectivity index (χ1) is 18.1. The summed E-state index contributed by atoms with van der Waals surface area (Å²) in [5.74, 6) is 1.37. The second-order valence-electron chi connectivity index (χ2n) is 11.2. The number of anilines is 2. The summed E-state index contributed by atoms with van der Waals surface area (Å²) in [6, 6.07) is 14.0. The van der Waals surface area contributed by atoms with Crippen molar-refractivity contribution in [3.05, 3.63) is 47.7 Å². The van der Waals surface area contributed by atoms with E-state index in [0.717, 1.165) is 67.0 Å². The quantitative estimate of drug-likeness (QED) is 0.553. The summed E-state index contributed by atoms with van der Waals surface area (Å²) in [5, 5.41) is 16.8. The van der Waals surface area contributed by atoms with E-state index in [1.54, 1.807) is 0 Å². The van der Waals surface area contributed by atoms with Crippen LogP contribution in [0, 0.1) is 0 Å².